The summed E-state index contributed by atoms with van der Waals surface area (Å²) in [5, 5.41) is 0. The largest absolute Gasteiger partial charge is 0.339 e. The average molecular weight is 212 g/mol. The van der Waals surface area contributed by atoms with Gasteiger partial charge in [0.1, 0.15) is 0 Å². The normalized spacial score (nSPS) is 19.5. The van der Waals surface area contributed by atoms with Crippen LogP contribution in [0.1, 0.15) is 40.5 Å². The molecule has 0 aliphatic carbocycles. The lowest BCUT2D eigenvalue weighted by Gasteiger charge is -2.50. The number of hydrogen-bond donors (Lipinski definition) is 1. The number of carbonyl (C=O) groups is 1. The molecule has 2 N–H and O–H groups in total. The lowest BCUT2D eigenvalue weighted by Crippen LogP contribution is -2.71. The number of carbonyl (C=O) groups excluding carboxylic acids is 1. The number of hydrogen-bond acceptors (Lipinski definition) is 2. The Labute approximate surface area is 93.0 Å². The summed E-state index contributed by atoms with van der Waals surface area (Å²) in [6.45, 7) is 10.0. The van der Waals surface area contributed by atoms with E-state index in [4.69, 9.17) is 5.73 Å². The van der Waals surface area contributed by atoms with Crippen molar-refractivity contribution in [3.05, 3.63) is 0 Å². The van der Waals surface area contributed by atoms with Crippen molar-refractivity contribution < 1.29 is 4.79 Å². The van der Waals surface area contributed by atoms with Gasteiger partial charge in [0, 0.05) is 19.5 Å². The van der Waals surface area contributed by atoms with Crippen molar-refractivity contribution >= 4 is 5.91 Å². The summed E-state index contributed by atoms with van der Waals surface area (Å²) in [4.78, 5) is 13.6. The Bertz CT molecular complexity index is 230. The molecule has 0 spiro atoms. The van der Waals surface area contributed by atoms with Gasteiger partial charge in [0.05, 0.1) is 5.54 Å². The van der Waals surface area contributed by atoms with Crippen LogP contribution < -0.4 is 5.73 Å². The van der Waals surface area contributed by atoms with E-state index in [2.05, 4.69) is 27.7 Å². The predicted molar refractivity (Wildman–Crippen MR) is 62.4 cm³/mol. The van der Waals surface area contributed by atoms with Gasteiger partial charge in [-0.05, 0) is 18.3 Å². The van der Waals surface area contributed by atoms with Crippen molar-refractivity contribution in [1.29, 1.82) is 0 Å². The van der Waals surface area contributed by atoms with Crippen LogP contribution in [0.3, 0.4) is 0 Å². The molecule has 1 saturated heterocycles. The molecule has 0 aromatic carbocycles. The molecule has 0 atom stereocenters. The molecule has 0 aromatic heterocycles. The first kappa shape index (κ1) is 12.5. The van der Waals surface area contributed by atoms with E-state index in [0.717, 1.165) is 19.5 Å². The first-order valence-electron chi connectivity index (χ1n) is 5.92. The fraction of sp³-hybridized carbons (Fsp3) is 0.917. The Morgan fingerprint density at radius 1 is 1.33 bits per heavy atom. The van der Waals surface area contributed by atoms with E-state index >= 15 is 0 Å². The lowest BCUT2D eigenvalue weighted by atomic mass is 9.80. The zero-order valence-corrected chi connectivity index (χ0v) is 10.4. The summed E-state index contributed by atoms with van der Waals surface area (Å²) in [7, 11) is 0. The van der Waals surface area contributed by atoms with Gasteiger partial charge in [-0.25, -0.2) is 0 Å². The minimum absolute atomic E-state index is 0.131. The summed E-state index contributed by atoms with van der Waals surface area (Å²) in [6, 6.07) is 0. The molecule has 0 bridgehead atoms. The van der Waals surface area contributed by atoms with E-state index in [1.165, 1.54) is 0 Å². The fourth-order valence-corrected chi connectivity index (χ4v) is 1.78. The summed E-state index contributed by atoms with van der Waals surface area (Å²) < 4.78 is 0. The monoisotopic (exact) mass is 212 g/mol. The minimum Gasteiger partial charge on any atom is -0.339 e. The fourth-order valence-electron chi connectivity index (χ4n) is 1.78. The van der Waals surface area contributed by atoms with Crippen molar-refractivity contribution in [1.82, 2.24) is 4.90 Å². The van der Waals surface area contributed by atoms with Gasteiger partial charge in [-0.2, -0.15) is 0 Å². The van der Waals surface area contributed by atoms with Crippen LogP contribution in [0.4, 0.5) is 0 Å². The van der Waals surface area contributed by atoms with E-state index in [-0.39, 0.29) is 11.4 Å². The highest BCUT2D eigenvalue weighted by Gasteiger charge is 2.43. The highest BCUT2D eigenvalue weighted by atomic mass is 16.2. The zero-order chi connectivity index (χ0) is 11.6. The second kappa shape index (κ2) is 4.52. The zero-order valence-electron chi connectivity index (χ0n) is 10.4. The predicted octanol–water partition coefficient (Wildman–Crippen LogP) is 1.62. The summed E-state index contributed by atoms with van der Waals surface area (Å²) >= 11 is 0. The van der Waals surface area contributed by atoms with Crippen molar-refractivity contribution in [2.45, 2.75) is 46.1 Å². The molecule has 88 valence electrons. The molecule has 1 rings (SSSR count). The Hall–Kier alpha value is -0.570. The minimum atomic E-state index is -0.131. The molecule has 0 aromatic rings. The average Bonchev–Trinajstić information content (AvgIpc) is 2.08. The second-order valence-electron chi connectivity index (χ2n) is 5.57. The van der Waals surface area contributed by atoms with Crippen molar-refractivity contribution in [2.75, 3.05) is 13.1 Å². The van der Waals surface area contributed by atoms with Crippen LogP contribution in [0.25, 0.3) is 0 Å². The first-order chi connectivity index (χ1) is 6.85. The molecule has 1 heterocycles. The van der Waals surface area contributed by atoms with Crippen molar-refractivity contribution in [2.24, 2.45) is 17.6 Å². The van der Waals surface area contributed by atoms with Gasteiger partial charge in [-0.15, -0.1) is 0 Å². The summed E-state index contributed by atoms with van der Waals surface area (Å²) in [5.74, 6) is 1.32. The van der Waals surface area contributed by atoms with Crippen molar-refractivity contribution in [3.63, 3.8) is 0 Å². The van der Waals surface area contributed by atoms with E-state index in [0.29, 0.717) is 18.3 Å². The standard InChI is InChI=1S/C12H24N2O/c1-9(2)5-6-11(15)14-7-12(13,8-14)10(3)4/h9-10H,5-8,13H2,1-4H3. The summed E-state index contributed by atoms with van der Waals surface area (Å²) in [6.07, 6.45) is 1.65. The molecule has 1 aliphatic rings. The Kier molecular flexibility index (Phi) is 3.77. The maximum Gasteiger partial charge on any atom is 0.222 e. The van der Waals surface area contributed by atoms with Crippen LogP contribution in [0.5, 0.6) is 0 Å². The van der Waals surface area contributed by atoms with Gasteiger partial charge in [0.25, 0.3) is 0 Å². The third-order valence-corrected chi connectivity index (χ3v) is 3.41. The molecule has 3 heteroatoms. The van der Waals surface area contributed by atoms with Gasteiger partial charge < -0.3 is 10.6 Å². The van der Waals surface area contributed by atoms with Crippen LogP contribution >= 0.6 is 0 Å². The van der Waals surface area contributed by atoms with Gasteiger partial charge in [-0.1, -0.05) is 27.7 Å². The Balaban J connectivity index is 2.29. The van der Waals surface area contributed by atoms with Crippen LogP contribution in [-0.4, -0.2) is 29.4 Å². The quantitative estimate of drug-likeness (QED) is 0.769. The maximum absolute atomic E-state index is 11.7. The van der Waals surface area contributed by atoms with E-state index < -0.39 is 0 Å². The molecule has 1 amide bonds. The first-order valence-corrected chi connectivity index (χ1v) is 5.92. The Morgan fingerprint density at radius 3 is 2.27 bits per heavy atom. The molecule has 15 heavy (non-hydrogen) atoms. The second-order valence-corrected chi connectivity index (χ2v) is 5.57. The van der Waals surface area contributed by atoms with Crippen LogP contribution in [0.15, 0.2) is 0 Å². The molecule has 0 unspecified atom stereocenters. The highest BCUT2D eigenvalue weighted by Crippen LogP contribution is 2.26. The molecule has 1 aliphatic heterocycles. The van der Waals surface area contributed by atoms with Crippen LogP contribution in [0, 0.1) is 11.8 Å². The molecular weight excluding hydrogens is 188 g/mol. The number of rotatable bonds is 4. The van der Waals surface area contributed by atoms with Gasteiger partial charge >= 0.3 is 0 Å². The number of amides is 1. The van der Waals surface area contributed by atoms with E-state index in [1.807, 2.05) is 4.90 Å². The smallest absolute Gasteiger partial charge is 0.222 e. The lowest BCUT2D eigenvalue weighted by molar-refractivity contribution is -0.140. The number of nitrogens with two attached hydrogens (primary N) is 1. The SMILES string of the molecule is CC(C)CCC(=O)N1CC(N)(C(C)C)C1. The Morgan fingerprint density at radius 2 is 1.87 bits per heavy atom. The molecule has 3 nitrogen and oxygen atoms in total. The maximum atomic E-state index is 11.7. The van der Waals surface area contributed by atoms with Crippen LogP contribution in [0.2, 0.25) is 0 Å². The molecule has 1 fully saturated rings. The molecule has 0 radical (unpaired) electrons. The van der Waals surface area contributed by atoms with Gasteiger partial charge in [-0.3, -0.25) is 4.79 Å². The number of likely N-dealkylation sites (tertiary alicyclic amines) is 1. The van der Waals surface area contributed by atoms with Gasteiger partial charge in [0.2, 0.25) is 5.91 Å². The van der Waals surface area contributed by atoms with E-state index in [1.54, 1.807) is 0 Å². The molecular formula is C12H24N2O. The number of nitrogens with zero attached hydrogens (tertiary/aromatic N) is 1. The third kappa shape index (κ3) is 2.94. The molecule has 0 saturated carbocycles. The third-order valence-electron chi connectivity index (χ3n) is 3.41. The topological polar surface area (TPSA) is 46.3 Å². The summed E-state index contributed by atoms with van der Waals surface area (Å²) in [5.41, 5.74) is 6.00. The van der Waals surface area contributed by atoms with E-state index in [9.17, 15) is 4.79 Å². The van der Waals surface area contributed by atoms with Crippen LogP contribution in [-0.2, 0) is 4.79 Å². The van der Waals surface area contributed by atoms with Crippen molar-refractivity contribution in [3.8, 4) is 0 Å². The van der Waals surface area contributed by atoms with Gasteiger partial charge in [0.15, 0.2) is 0 Å². The highest BCUT2D eigenvalue weighted by molar-refractivity contribution is 5.77.